The minimum atomic E-state index is 0.110. The van der Waals surface area contributed by atoms with Gasteiger partial charge in [-0.1, -0.05) is 13.8 Å². The van der Waals surface area contributed by atoms with Gasteiger partial charge in [-0.2, -0.15) is 0 Å². The maximum absolute atomic E-state index is 12.0. The van der Waals surface area contributed by atoms with Crippen LogP contribution in [0.25, 0.3) is 0 Å². The van der Waals surface area contributed by atoms with Crippen LogP contribution in [0, 0.1) is 5.92 Å². The number of nitrogens with one attached hydrogen (secondary N) is 1. The smallest absolute Gasteiger partial charge is 0.234 e. The Morgan fingerprint density at radius 1 is 1.14 bits per heavy atom. The number of piperazine rings is 1. The lowest BCUT2D eigenvalue weighted by molar-refractivity contribution is -0.123. The molecule has 0 bridgehead atoms. The number of phenolic OH excluding ortho intramolecular Hbond substituents is 1. The molecule has 2 rings (SSSR count). The number of hydrogen-bond acceptors (Lipinski definition) is 4. The summed E-state index contributed by atoms with van der Waals surface area (Å²) in [5.41, 5.74) is 1.12. The SMILES string of the molecule is CC(C)[C@H](C)NC(=O)CN1CCN(c2ccc(O)cc2)CC1. The largest absolute Gasteiger partial charge is 0.508 e. The molecule has 0 aromatic heterocycles. The Balaban J connectivity index is 1.77. The highest BCUT2D eigenvalue weighted by Gasteiger charge is 2.20. The molecular formula is C17H27N3O2. The van der Waals surface area contributed by atoms with Gasteiger partial charge in [0.2, 0.25) is 5.91 Å². The van der Waals surface area contributed by atoms with E-state index in [9.17, 15) is 9.90 Å². The highest BCUT2D eigenvalue weighted by atomic mass is 16.3. The number of aromatic hydroxyl groups is 1. The van der Waals surface area contributed by atoms with Crippen LogP contribution in [0.1, 0.15) is 20.8 Å². The number of benzene rings is 1. The number of amides is 1. The van der Waals surface area contributed by atoms with Crippen molar-refractivity contribution in [1.29, 1.82) is 0 Å². The maximum Gasteiger partial charge on any atom is 0.234 e. The molecule has 1 atom stereocenters. The Labute approximate surface area is 132 Å². The van der Waals surface area contributed by atoms with E-state index in [1.165, 1.54) is 0 Å². The zero-order valence-electron chi connectivity index (χ0n) is 13.7. The molecule has 1 aromatic carbocycles. The van der Waals surface area contributed by atoms with Gasteiger partial charge in [0, 0.05) is 37.9 Å². The average molecular weight is 305 g/mol. The third-order valence-electron chi connectivity index (χ3n) is 4.34. The van der Waals surface area contributed by atoms with Gasteiger partial charge < -0.3 is 15.3 Å². The number of phenols is 1. The summed E-state index contributed by atoms with van der Waals surface area (Å²) in [6, 6.07) is 7.50. The van der Waals surface area contributed by atoms with Crippen LogP contribution < -0.4 is 10.2 Å². The lowest BCUT2D eigenvalue weighted by Crippen LogP contribution is -2.50. The van der Waals surface area contributed by atoms with E-state index in [2.05, 4.69) is 29.0 Å². The first kappa shape index (κ1) is 16.6. The Hall–Kier alpha value is -1.75. The highest BCUT2D eigenvalue weighted by Crippen LogP contribution is 2.19. The van der Waals surface area contributed by atoms with E-state index in [4.69, 9.17) is 0 Å². The highest BCUT2D eigenvalue weighted by molar-refractivity contribution is 5.78. The van der Waals surface area contributed by atoms with Crippen LogP contribution in [0.5, 0.6) is 5.75 Å². The van der Waals surface area contributed by atoms with Crippen LogP contribution in [0.4, 0.5) is 5.69 Å². The molecule has 1 aromatic rings. The minimum Gasteiger partial charge on any atom is -0.508 e. The molecule has 1 aliphatic rings. The molecule has 1 saturated heterocycles. The van der Waals surface area contributed by atoms with Gasteiger partial charge >= 0.3 is 0 Å². The van der Waals surface area contributed by atoms with Crippen molar-refractivity contribution < 1.29 is 9.90 Å². The van der Waals surface area contributed by atoms with Gasteiger partial charge in [0.15, 0.2) is 0 Å². The second-order valence-electron chi connectivity index (χ2n) is 6.38. The number of anilines is 1. The molecule has 1 aliphatic heterocycles. The van der Waals surface area contributed by atoms with Crippen LogP contribution in [0.3, 0.4) is 0 Å². The van der Waals surface area contributed by atoms with Crippen molar-refractivity contribution in [3.05, 3.63) is 24.3 Å². The molecule has 22 heavy (non-hydrogen) atoms. The molecule has 1 fully saturated rings. The Morgan fingerprint density at radius 3 is 2.27 bits per heavy atom. The summed E-state index contributed by atoms with van der Waals surface area (Å²) < 4.78 is 0. The van der Waals surface area contributed by atoms with Crippen molar-refractivity contribution in [2.45, 2.75) is 26.8 Å². The summed E-state index contributed by atoms with van der Waals surface area (Å²) in [4.78, 5) is 16.5. The lowest BCUT2D eigenvalue weighted by Gasteiger charge is -2.36. The normalized spacial score (nSPS) is 17.5. The molecule has 5 heteroatoms. The molecule has 122 valence electrons. The number of nitrogens with zero attached hydrogens (tertiary/aromatic N) is 2. The van der Waals surface area contributed by atoms with Gasteiger partial charge in [0.25, 0.3) is 0 Å². The second kappa shape index (κ2) is 7.49. The van der Waals surface area contributed by atoms with Crippen LogP contribution in [0.15, 0.2) is 24.3 Å². The Morgan fingerprint density at radius 2 is 1.73 bits per heavy atom. The number of hydrogen-bond donors (Lipinski definition) is 2. The van der Waals surface area contributed by atoms with E-state index in [1.54, 1.807) is 12.1 Å². The van der Waals surface area contributed by atoms with Gasteiger partial charge in [0.1, 0.15) is 5.75 Å². The van der Waals surface area contributed by atoms with Crippen molar-refractivity contribution in [1.82, 2.24) is 10.2 Å². The monoisotopic (exact) mass is 305 g/mol. The van der Waals surface area contributed by atoms with Gasteiger partial charge in [-0.15, -0.1) is 0 Å². The molecule has 0 radical (unpaired) electrons. The van der Waals surface area contributed by atoms with Crippen molar-refractivity contribution in [2.24, 2.45) is 5.92 Å². The first-order chi connectivity index (χ1) is 10.5. The summed E-state index contributed by atoms with van der Waals surface area (Å²) in [5.74, 6) is 0.855. The van der Waals surface area contributed by atoms with Gasteiger partial charge in [-0.25, -0.2) is 0 Å². The van der Waals surface area contributed by atoms with Crippen LogP contribution in [0.2, 0.25) is 0 Å². The fourth-order valence-corrected chi connectivity index (χ4v) is 2.50. The topological polar surface area (TPSA) is 55.8 Å². The standard InChI is InChI=1S/C17H27N3O2/c1-13(2)14(3)18-17(22)12-19-8-10-20(11-9-19)15-4-6-16(21)7-5-15/h4-7,13-14,21H,8-12H2,1-3H3,(H,18,22)/t14-/m0/s1. The summed E-state index contributed by atoms with van der Waals surface area (Å²) >= 11 is 0. The summed E-state index contributed by atoms with van der Waals surface area (Å²) in [7, 11) is 0. The Bertz CT molecular complexity index is 479. The molecule has 5 nitrogen and oxygen atoms in total. The van der Waals surface area contributed by atoms with Gasteiger partial charge in [-0.05, 0) is 37.1 Å². The number of rotatable bonds is 5. The summed E-state index contributed by atoms with van der Waals surface area (Å²) in [6.45, 7) is 10.3. The van der Waals surface area contributed by atoms with E-state index in [0.29, 0.717) is 18.2 Å². The first-order valence-electron chi connectivity index (χ1n) is 8.01. The third-order valence-corrected chi connectivity index (χ3v) is 4.34. The van der Waals surface area contributed by atoms with E-state index in [0.717, 1.165) is 31.9 Å². The van der Waals surface area contributed by atoms with Crippen molar-refractivity contribution in [3.8, 4) is 5.75 Å². The molecule has 0 aliphatic carbocycles. The molecule has 0 unspecified atom stereocenters. The van der Waals surface area contributed by atoms with Crippen molar-refractivity contribution >= 4 is 11.6 Å². The fraction of sp³-hybridized carbons (Fsp3) is 0.588. The van der Waals surface area contributed by atoms with Crippen molar-refractivity contribution in [2.75, 3.05) is 37.6 Å². The zero-order valence-corrected chi connectivity index (χ0v) is 13.7. The van der Waals surface area contributed by atoms with E-state index in [-0.39, 0.29) is 11.9 Å². The lowest BCUT2D eigenvalue weighted by atomic mass is 10.1. The zero-order chi connectivity index (χ0) is 16.1. The molecule has 1 heterocycles. The Kier molecular flexibility index (Phi) is 5.66. The first-order valence-corrected chi connectivity index (χ1v) is 8.01. The number of carbonyl (C=O) groups excluding carboxylic acids is 1. The maximum atomic E-state index is 12.0. The van der Waals surface area contributed by atoms with Crippen molar-refractivity contribution in [3.63, 3.8) is 0 Å². The van der Waals surface area contributed by atoms with Crippen LogP contribution in [-0.2, 0) is 4.79 Å². The van der Waals surface area contributed by atoms with Gasteiger partial charge in [-0.3, -0.25) is 9.69 Å². The van der Waals surface area contributed by atoms with E-state index in [1.807, 2.05) is 19.1 Å². The van der Waals surface area contributed by atoms with Gasteiger partial charge in [0.05, 0.1) is 6.54 Å². The summed E-state index contributed by atoms with van der Waals surface area (Å²) in [6.07, 6.45) is 0. The minimum absolute atomic E-state index is 0.110. The third kappa shape index (κ3) is 4.63. The molecule has 0 saturated carbocycles. The predicted octanol–water partition coefficient (Wildman–Crippen LogP) is 1.67. The molecule has 1 amide bonds. The summed E-state index contributed by atoms with van der Waals surface area (Å²) in [5, 5.41) is 12.4. The molecular weight excluding hydrogens is 278 g/mol. The number of carbonyl (C=O) groups is 1. The van der Waals surface area contributed by atoms with Crippen LogP contribution in [-0.4, -0.2) is 54.7 Å². The molecule has 0 spiro atoms. The average Bonchev–Trinajstić information content (AvgIpc) is 2.48. The predicted molar refractivity (Wildman–Crippen MR) is 89.2 cm³/mol. The van der Waals surface area contributed by atoms with E-state index < -0.39 is 0 Å². The van der Waals surface area contributed by atoms with Crippen LogP contribution >= 0.6 is 0 Å². The van der Waals surface area contributed by atoms with E-state index >= 15 is 0 Å². The molecule has 2 N–H and O–H groups in total. The second-order valence-corrected chi connectivity index (χ2v) is 6.38. The fourth-order valence-electron chi connectivity index (χ4n) is 2.50. The quantitative estimate of drug-likeness (QED) is 0.869.